The maximum absolute atomic E-state index is 11.7. The van der Waals surface area contributed by atoms with Gasteiger partial charge in [0.1, 0.15) is 11.3 Å². The van der Waals surface area contributed by atoms with Gasteiger partial charge in [0.2, 0.25) is 0 Å². The summed E-state index contributed by atoms with van der Waals surface area (Å²) >= 11 is 9.23. The van der Waals surface area contributed by atoms with Crippen molar-refractivity contribution < 1.29 is 19.1 Å². The van der Waals surface area contributed by atoms with Crippen molar-refractivity contribution >= 4 is 39.4 Å². The molecular weight excluding hydrogens is 350 g/mol. The van der Waals surface area contributed by atoms with E-state index in [1.807, 2.05) is 0 Å². The van der Waals surface area contributed by atoms with Crippen molar-refractivity contribution in [1.82, 2.24) is 5.32 Å². The lowest BCUT2D eigenvalue weighted by Gasteiger charge is -2.23. The first-order chi connectivity index (χ1) is 9.26. The Balaban J connectivity index is 2.58. The molecular formula is C13H15BrClNO4. The third-order valence-corrected chi connectivity index (χ3v) is 3.19. The molecule has 0 aliphatic rings. The standard InChI is InChI=1S/C13H15BrClNO4/c1-13(2,12(18)19-3)16-11(17)7-20-10-5-4-8(14)6-9(10)15/h4-6H,7H2,1-3H3,(H,16,17). The average molecular weight is 365 g/mol. The van der Waals surface area contributed by atoms with E-state index in [1.54, 1.807) is 32.0 Å². The van der Waals surface area contributed by atoms with Crippen LogP contribution in [0.5, 0.6) is 5.75 Å². The fraction of sp³-hybridized carbons (Fsp3) is 0.385. The molecule has 0 spiro atoms. The number of ether oxygens (including phenoxy) is 2. The molecule has 0 aliphatic heterocycles. The van der Waals surface area contributed by atoms with Crippen molar-refractivity contribution in [3.05, 3.63) is 27.7 Å². The van der Waals surface area contributed by atoms with E-state index in [9.17, 15) is 9.59 Å². The highest BCUT2D eigenvalue weighted by atomic mass is 79.9. The normalized spacial score (nSPS) is 10.8. The number of hydrogen-bond donors (Lipinski definition) is 1. The van der Waals surface area contributed by atoms with Crippen LogP contribution in [0.2, 0.25) is 5.02 Å². The van der Waals surface area contributed by atoms with Crippen molar-refractivity contribution in [3.8, 4) is 5.75 Å². The molecule has 1 aromatic carbocycles. The van der Waals surface area contributed by atoms with Gasteiger partial charge in [-0.05, 0) is 32.0 Å². The minimum atomic E-state index is -1.11. The van der Waals surface area contributed by atoms with Gasteiger partial charge in [-0.1, -0.05) is 27.5 Å². The topological polar surface area (TPSA) is 64.6 Å². The second kappa shape index (κ2) is 6.95. The fourth-order valence-corrected chi connectivity index (χ4v) is 2.15. The molecule has 0 unspecified atom stereocenters. The van der Waals surface area contributed by atoms with Crippen molar-refractivity contribution in [2.24, 2.45) is 0 Å². The van der Waals surface area contributed by atoms with Crippen LogP contribution >= 0.6 is 27.5 Å². The molecule has 1 rings (SSSR count). The van der Waals surface area contributed by atoms with Gasteiger partial charge >= 0.3 is 5.97 Å². The Kier molecular flexibility index (Phi) is 5.83. The minimum absolute atomic E-state index is 0.248. The molecule has 0 saturated heterocycles. The molecule has 110 valence electrons. The number of esters is 1. The van der Waals surface area contributed by atoms with E-state index in [2.05, 4.69) is 26.0 Å². The zero-order valence-corrected chi connectivity index (χ0v) is 13.7. The van der Waals surface area contributed by atoms with E-state index in [0.717, 1.165) is 4.47 Å². The maximum Gasteiger partial charge on any atom is 0.330 e. The van der Waals surface area contributed by atoms with E-state index in [4.69, 9.17) is 16.3 Å². The number of nitrogens with one attached hydrogen (secondary N) is 1. The summed E-state index contributed by atoms with van der Waals surface area (Å²) in [6, 6.07) is 5.05. The number of carbonyl (C=O) groups excluding carboxylic acids is 2. The van der Waals surface area contributed by atoms with Gasteiger partial charge in [0.25, 0.3) is 5.91 Å². The third-order valence-electron chi connectivity index (χ3n) is 2.40. The number of hydrogen-bond acceptors (Lipinski definition) is 4. The predicted molar refractivity (Wildman–Crippen MR) is 78.9 cm³/mol. The Bertz CT molecular complexity index is 519. The Labute approximate surface area is 130 Å². The zero-order chi connectivity index (χ0) is 15.3. The van der Waals surface area contributed by atoms with Crippen LogP contribution in [0.3, 0.4) is 0 Å². The van der Waals surface area contributed by atoms with E-state index >= 15 is 0 Å². The molecule has 0 fully saturated rings. The zero-order valence-electron chi connectivity index (χ0n) is 11.3. The Morgan fingerprint density at radius 3 is 2.60 bits per heavy atom. The van der Waals surface area contributed by atoms with Gasteiger partial charge in [-0.3, -0.25) is 4.79 Å². The van der Waals surface area contributed by atoms with Gasteiger partial charge in [0.05, 0.1) is 12.1 Å². The molecule has 0 radical (unpaired) electrons. The van der Waals surface area contributed by atoms with Gasteiger partial charge in [-0.2, -0.15) is 0 Å². The summed E-state index contributed by atoms with van der Waals surface area (Å²) in [5, 5.41) is 2.91. The maximum atomic E-state index is 11.7. The minimum Gasteiger partial charge on any atom is -0.482 e. The van der Waals surface area contributed by atoms with Gasteiger partial charge in [0, 0.05) is 4.47 Å². The summed E-state index contributed by atoms with van der Waals surface area (Å²) in [5.74, 6) is -0.590. The van der Waals surface area contributed by atoms with Crippen LogP contribution in [0.15, 0.2) is 22.7 Å². The first-order valence-corrected chi connectivity index (χ1v) is 6.90. The number of amides is 1. The number of rotatable bonds is 5. The summed E-state index contributed by atoms with van der Waals surface area (Å²) in [6.45, 7) is 2.84. The Hall–Kier alpha value is -1.27. The monoisotopic (exact) mass is 363 g/mol. The number of methoxy groups -OCH3 is 1. The predicted octanol–water partition coefficient (Wildman–Crippen LogP) is 2.55. The molecule has 0 aromatic heterocycles. The molecule has 7 heteroatoms. The van der Waals surface area contributed by atoms with E-state index < -0.39 is 17.4 Å². The van der Waals surface area contributed by atoms with E-state index in [0.29, 0.717) is 10.8 Å². The van der Waals surface area contributed by atoms with Gasteiger partial charge < -0.3 is 14.8 Å². The smallest absolute Gasteiger partial charge is 0.330 e. The molecule has 0 heterocycles. The molecule has 0 atom stereocenters. The molecule has 0 saturated carbocycles. The van der Waals surface area contributed by atoms with Crippen molar-refractivity contribution in [3.63, 3.8) is 0 Å². The summed E-state index contributed by atoms with van der Waals surface area (Å²) in [4.78, 5) is 23.2. The summed E-state index contributed by atoms with van der Waals surface area (Å²) in [5.41, 5.74) is -1.11. The Morgan fingerprint density at radius 2 is 2.05 bits per heavy atom. The highest BCUT2D eigenvalue weighted by molar-refractivity contribution is 9.10. The first-order valence-electron chi connectivity index (χ1n) is 5.73. The van der Waals surface area contributed by atoms with Gasteiger partial charge in [0.15, 0.2) is 6.61 Å². The highest BCUT2D eigenvalue weighted by Crippen LogP contribution is 2.27. The van der Waals surface area contributed by atoms with Crippen LogP contribution in [0, 0.1) is 0 Å². The molecule has 1 N–H and O–H groups in total. The highest BCUT2D eigenvalue weighted by Gasteiger charge is 2.30. The van der Waals surface area contributed by atoms with Crippen LogP contribution in [-0.4, -0.2) is 31.1 Å². The van der Waals surface area contributed by atoms with Crippen LogP contribution in [0.25, 0.3) is 0 Å². The lowest BCUT2D eigenvalue weighted by Crippen LogP contribution is -2.51. The van der Waals surface area contributed by atoms with Crippen LogP contribution in [0.1, 0.15) is 13.8 Å². The van der Waals surface area contributed by atoms with Crippen molar-refractivity contribution in [2.45, 2.75) is 19.4 Å². The number of carbonyl (C=O) groups is 2. The fourth-order valence-electron chi connectivity index (χ4n) is 1.43. The van der Waals surface area contributed by atoms with Crippen molar-refractivity contribution in [2.75, 3.05) is 13.7 Å². The average Bonchev–Trinajstić information content (AvgIpc) is 2.36. The van der Waals surface area contributed by atoms with Gasteiger partial charge in [-0.15, -0.1) is 0 Å². The summed E-state index contributed by atoms with van der Waals surface area (Å²) in [6.07, 6.45) is 0. The molecule has 1 amide bonds. The van der Waals surface area contributed by atoms with Crippen LogP contribution in [-0.2, 0) is 14.3 Å². The SMILES string of the molecule is COC(=O)C(C)(C)NC(=O)COc1ccc(Br)cc1Cl. The summed E-state index contributed by atoms with van der Waals surface area (Å²) in [7, 11) is 1.26. The lowest BCUT2D eigenvalue weighted by molar-refractivity contribution is -0.149. The molecule has 5 nitrogen and oxygen atoms in total. The summed E-state index contributed by atoms with van der Waals surface area (Å²) < 4.78 is 10.7. The quantitative estimate of drug-likeness (QED) is 0.816. The van der Waals surface area contributed by atoms with E-state index in [-0.39, 0.29) is 6.61 Å². The van der Waals surface area contributed by atoms with Crippen LogP contribution < -0.4 is 10.1 Å². The van der Waals surface area contributed by atoms with E-state index in [1.165, 1.54) is 7.11 Å². The second-order valence-electron chi connectivity index (χ2n) is 4.53. The largest absolute Gasteiger partial charge is 0.482 e. The second-order valence-corrected chi connectivity index (χ2v) is 5.85. The molecule has 1 aromatic rings. The Morgan fingerprint density at radius 1 is 1.40 bits per heavy atom. The molecule has 0 aliphatic carbocycles. The third kappa shape index (κ3) is 4.68. The molecule has 0 bridgehead atoms. The number of benzene rings is 1. The number of halogens is 2. The molecule has 20 heavy (non-hydrogen) atoms. The van der Waals surface area contributed by atoms with Crippen molar-refractivity contribution in [1.29, 1.82) is 0 Å². The first kappa shape index (κ1) is 16.8. The van der Waals surface area contributed by atoms with Crippen LogP contribution in [0.4, 0.5) is 0 Å². The lowest BCUT2D eigenvalue weighted by atomic mass is 10.1. The van der Waals surface area contributed by atoms with Gasteiger partial charge in [-0.25, -0.2) is 4.79 Å².